The summed E-state index contributed by atoms with van der Waals surface area (Å²) in [7, 11) is 0. The van der Waals surface area contributed by atoms with Gasteiger partial charge in [0.1, 0.15) is 0 Å². The van der Waals surface area contributed by atoms with Gasteiger partial charge in [0.05, 0.1) is 12.6 Å². The molecule has 0 saturated carbocycles. The summed E-state index contributed by atoms with van der Waals surface area (Å²) >= 11 is 0. The fraction of sp³-hybridized carbons (Fsp3) is 0.345. The smallest absolute Gasteiger partial charge is 0.227 e. The van der Waals surface area contributed by atoms with Crippen LogP contribution in [0.4, 0.5) is 11.4 Å². The lowest BCUT2D eigenvalue weighted by molar-refractivity contribution is -0.119. The van der Waals surface area contributed by atoms with Crippen molar-refractivity contribution in [2.24, 2.45) is 0 Å². The maximum Gasteiger partial charge on any atom is 0.227 e. The highest BCUT2D eigenvalue weighted by molar-refractivity contribution is 5.96. The number of rotatable bonds is 7. The highest BCUT2D eigenvalue weighted by atomic mass is 16.3. The van der Waals surface area contributed by atoms with Gasteiger partial charge in [0.2, 0.25) is 5.91 Å². The van der Waals surface area contributed by atoms with Crippen molar-refractivity contribution in [3.8, 4) is 0 Å². The molecule has 0 aromatic heterocycles. The number of aliphatic hydroxyl groups is 1. The third-order valence-corrected chi connectivity index (χ3v) is 7.08. The molecule has 176 valence electrons. The molecule has 3 aromatic carbocycles. The minimum Gasteiger partial charge on any atom is -0.388 e. The summed E-state index contributed by atoms with van der Waals surface area (Å²) in [6.07, 6.45) is 1.49. The van der Waals surface area contributed by atoms with Crippen molar-refractivity contribution in [1.82, 2.24) is 4.90 Å². The van der Waals surface area contributed by atoms with E-state index in [9.17, 15) is 9.90 Å². The highest BCUT2D eigenvalue weighted by Gasteiger charge is 2.25. The van der Waals surface area contributed by atoms with Crippen molar-refractivity contribution in [1.29, 1.82) is 0 Å². The number of aryl methyl sites for hydroxylation is 1. The minimum absolute atomic E-state index is 0.166. The van der Waals surface area contributed by atoms with Crippen LogP contribution < -0.4 is 9.80 Å². The Kier molecular flexibility index (Phi) is 6.93. The Morgan fingerprint density at radius 3 is 2.26 bits per heavy atom. The molecule has 1 saturated heterocycles. The lowest BCUT2D eigenvalue weighted by atomic mass is 9.95. The number of amides is 1. The van der Waals surface area contributed by atoms with Gasteiger partial charge in [0.25, 0.3) is 0 Å². The number of hydrogen-bond donors (Lipinski definition) is 1. The molecule has 3 aromatic rings. The molecule has 1 atom stereocenters. The topological polar surface area (TPSA) is 47.0 Å². The second-order valence-electron chi connectivity index (χ2n) is 9.32. The van der Waals surface area contributed by atoms with Gasteiger partial charge in [-0.1, -0.05) is 60.7 Å². The maximum atomic E-state index is 12.6. The number of carbonyl (C=O) groups is 1. The van der Waals surface area contributed by atoms with Crippen LogP contribution in [-0.2, 0) is 17.8 Å². The van der Waals surface area contributed by atoms with Gasteiger partial charge in [-0.25, -0.2) is 0 Å². The second kappa shape index (κ2) is 10.4. The van der Waals surface area contributed by atoms with Gasteiger partial charge in [0, 0.05) is 50.5 Å². The summed E-state index contributed by atoms with van der Waals surface area (Å²) in [5, 5.41) is 10.9. The third-order valence-electron chi connectivity index (χ3n) is 7.08. The zero-order chi connectivity index (χ0) is 23.3. The highest BCUT2D eigenvalue weighted by Crippen LogP contribution is 2.32. The van der Waals surface area contributed by atoms with Crippen molar-refractivity contribution in [2.45, 2.75) is 31.9 Å². The molecular formula is C29H33N3O2. The van der Waals surface area contributed by atoms with E-state index in [1.165, 1.54) is 5.69 Å². The van der Waals surface area contributed by atoms with Crippen molar-refractivity contribution in [3.63, 3.8) is 0 Å². The van der Waals surface area contributed by atoms with Crippen LogP contribution in [0.25, 0.3) is 0 Å². The van der Waals surface area contributed by atoms with Gasteiger partial charge in [-0.15, -0.1) is 0 Å². The first kappa shape index (κ1) is 22.6. The van der Waals surface area contributed by atoms with E-state index in [1.807, 2.05) is 35.2 Å². The lowest BCUT2D eigenvalue weighted by Gasteiger charge is -2.36. The summed E-state index contributed by atoms with van der Waals surface area (Å²) in [6.45, 7) is 5.54. The number of carbonyl (C=O) groups excluding carboxylic acids is 1. The molecular weight excluding hydrogens is 422 g/mol. The van der Waals surface area contributed by atoms with Crippen LogP contribution in [0.1, 0.15) is 35.6 Å². The maximum absolute atomic E-state index is 12.6. The number of piperazine rings is 1. The summed E-state index contributed by atoms with van der Waals surface area (Å²) in [4.78, 5) is 19.4. The number of benzene rings is 3. The van der Waals surface area contributed by atoms with E-state index in [0.29, 0.717) is 13.0 Å². The van der Waals surface area contributed by atoms with Crippen LogP contribution in [0.5, 0.6) is 0 Å². The summed E-state index contributed by atoms with van der Waals surface area (Å²) in [5.41, 5.74) is 5.50. The Morgan fingerprint density at radius 2 is 1.53 bits per heavy atom. The summed E-state index contributed by atoms with van der Waals surface area (Å²) < 4.78 is 0. The Bertz CT molecular complexity index is 1090. The van der Waals surface area contributed by atoms with E-state index >= 15 is 0 Å². The molecule has 1 fully saturated rings. The monoisotopic (exact) mass is 455 g/mol. The van der Waals surface area contributed by atoms with Gasteiger partial charge in [-0.05, 0) is 47.7 Å². The van der Waals surface area contributed by atoms with Crippen LogP contribution >= 0.6 is 0 Å². The predicted octanol–water partition coefficient (Wildman–Crippen LogP) is 4.41. The lowest BCUT2D eigenvalue weighted by Crippen LogP contribution is -2.46. The van der Waals surface area contributed by atoms with Crippen LogP contribution in [0.3, 0.4) is 0 Å². The van der Waals surface area contributed by atoms with Gasteiger partial charge in [-0.2, -0.15) is 0 Å². The molecule has 2 aliphatic rings. The van der Waals surface area contributed by atoms with Gasteiger partial charge < -0.3 is 14.9 Å². The first-order chi connectivity index (χ1) is 16.7. The molecule has 5 heteroatoms. The number of anilines is 2. The molecule has 1 N–H and O–H groups in total. The van der Waals surface area contributed by atoms with E-state index in [1.54, 1.807) is 0 Å². The van der Waals surface area contributed by atoms with Crippen LogP contribution in [0, 0.1) is 0 Å². The number of nitrogens with zero attached hydrogens (tertiary/aromatic N) is 3. The van der Waals surface area contributed by atoms with Gasteiger partial charge in [-0.3, -0.25) is 9.69 Å². The van der Waals surface area contributed by atoms with Crippen molar-refractivity contribution in [2.75, 3.05) is 42.5 Å². The second-order valence-corrected chi connectivity index (χ2v) is 9.32. The minimum atomic E-state index is -0.488. The molecule has 2 aliphatic heterocycles. The molecule has 0 spiro atoms. The molecule has 5 rings (SSSR count). The van der Waals surface area contributed by atoms with E-state index in [4.69, 9.17) is 0 Å². The molecule has 5 nitrogen and oxygen atoms in total. The Morgan fingerprint density at radius 1 is 0.824 bits per heavy atom. The number of aliphatic hydroxyl groups excluding tert-OH is 1. The molecule has 1 unspecified atom stereocenters. The van der Waals surface area contributed by atoms with Crippen molar-refractivity contribution >= 4 is 17.3 Å². The molecule has 34 heavy (non-hydrogen) atoms. The molecule has 1 amide bonds. The average Bonchev–Trinajstić information content (AvgIpc) is 2.90. The average molecular weight is 456 g/mol. The number of para-hydroxylation sites is 1. The standard InChI is InChI=1S/C29H33N3O2/c33-28(15-16-30-17-19-31(20-18-30)26-9-5-2-6-10-26)25-11-13-27-24(21-25)12-14-29(34)32(27)22-23-7-3-1-4-8-23/h1-11,13,21,28,33H,12,14-20,22H2. The summed E-state index contributed by atoms with van der Waals surface area (Å²) in [5.74, 6) is 0.166. The van der Waals surface area contributed by atoms with Gasteiger partial charge in [0.15, 0.2) is 0 Å². The first-order valence-corrected chi connectivity index (χ1v) is 12.3. The fourth-order valence-electron chi connectivity index (χ4n) is 5.07. The van der Waals surface area contributed by atoms with E-state index in [-0.39, 0.29) is 5.91 Å². The number of hydrogen-bond acceptors (Lipinski definition) is 4. The first-order valence-electron chi connectivity index (χ1n) is 12.3. The molecule has 0 bridgehead atoms. The Labute approximate surface area is 202 Å². The normalized spacial score (nSPS) is 17.5. The van der Waals surface area contributed by atoms with Gasteiger partial charge >= 0.3 is 0 Å². The molecule has 0 aliphatic carbocycles. The summed E-state index contributed by atoms with van der Waals surface area (Å²) in [6, 6.07) is 26.8. The van der Waals surface area contributed by atoms with E-state index < -0.39 is 6.10 Å². The SMILES string of the molecule is O=C1CCc2cc(C(O)CCN3CCN(c4ccccc4)CC3)ccc2N1Cc1ccccc1. The van der Waals surface area contributed by atoms with Crippen LogP contribution in [0.15, 0.2) is 78.9 Å². The van der Waals surface area contributed by atoms with E-state index in [2.05, 4.69) is 58.3 Å². The zero-order valence-electron chi connectivity index (χ0n) is 19.6. The molecule has 0 radical (unpaired) electrons. The third kappa shape index (κ3) is 5.16. The zero-order valence-corrected chi connectivity index (χ0v) is 19.6. The molecule has 2 heterocycles. The Hall–Kier alpha value is -3.15. The quantitative estimate of drug-likeness (QED) is 0.573. The number of fused-ring (bicyclic) bond motifs is 1. The predicted molar refractivity (Wildman–Crippen MR) is 137 cm³/mol. The van der Waals surface area contributed by atoms with Crippen molar-refractivity contribution < 1.29 is 9.90 Å². The largest absolute Gasteiger partial charge is 0.388 e. The van der Waals surface area contributed by atoms with Crippen molar-refractivity contribution in [3.05, 3.63) is 95.6 Å². The van der Waals surface area contributed by atoms with E-state index in [0.717, 1.165) is 67.9 Å². The van der Waals surface area contributed by atoms with Crippen LogP contribution in [0.2, 0.25) is 0 Å². The fourth-order valence-corrected chi connectivity index (χ4v) is 5.07. The van der Waals surface area contributed by atoms with Crippen LogP contribution in [-0.4, -0.2) is 48.6 Å². The Balaban J connectivity index is 1.18.